The van der Waals surface area contributed by atoms with Crippen molar-refractivity contribution < 1.29 is 9.59 Å². The molecule has 2 atom stereocenters. The maximum Gasteiger partial charge on any atom is 0.264 e. The van der Waals surface area contributed by atoms with Gasteiger partial charge in [-0.1, -0.05) is 6.07 Å². The number of amides is 2. The van der Waals surface area contributed by atoms with E-state index in [1.54, 1.807) is 4.90 Å². The van der Waals surface area contributed by atoms with Crippen LogP contribution in [0.15, 0.2) is 17.5 Å². The van der Waals surface area contributed by atoms with Crippen molar-refractivity contribution in [3.63, 3.8) is 0 Å². The minimum absolute atomic E-state index is 0.0119. The number of thiophene rings is 1. The molecule has 6 heteroatoms. The molecular formula is C15H21N3O2S. The van der Waals surface area contributed by atoms with Gasteiger partial charge in [-0.25, -0.2) is 0 Å². The highest BCUT2D eigenvalue weighted by Crippen LogP contribution is 2.24. The Morgan fingerprint density at radius 1 is 1.24 bits per heavy atom. The Morgan fingerprint density at radius 3 is 2.76 bits per heavy atom. The summed E-state index contributed by atoms with van der Waals surface area (Å²) in [4.78, 5) is 29.5. The number of hydrogen-bond donors (Lipinski definition) is 1. The predicted octanol–water partition coefficient (Wildman–Crippen LogP) is 1.30. The van der Waals surface area contributed by atoms with Crippen LogP contribution in [-0.2, 0) is 4.79 Å². The minimum atomic E-state index is -0.301. The number of nitrogens with zero attached hydrogens (tertiary/aromatic N) is 2. The van der Waals surface area contributed by atoms with Crippen LogP contribution in [0.1, 0.15) is 35.4 Å². The molecule has 0 aliphatic carbocycles. The van der Waals surface area contributed by atoms with Gasteiger partial charge in [0, 0.05) is 25.7 Å². The fourth-order valence-corrected chi connectivity index (χ4v) is 3.91. The van der Waals surface area contributed by atoms with Crippen LogP contribution < -0.4 is 5.73 Å². The third-order valence-corrected chi connectivity index (χ3v) is 5.16. The topological polar surface area (TPSA) is 66.6 Å². The molecule has 0 radical (unpaired) electrons. The first kappa shape index (κ1) is 14.5. The number of nitrogens with two attached hydrogens (primary N) is 1. The number of carbonyl (C=O) groups is 2. The van der Waals surface area contributed by atoms with Crippen molar-refractivity contribution in [1.29, 1.82) is 0 Å². The monoisotopic (exact) mass is 307 g/mol. The molecule has 0 aromatic carbocycles. The summed E-state index contributed by atoms with van der Waals surface area (Å²) in [5.41, 5.74) is 5.96. The molecule has 0 spiro atoms. The van der Waals surface area contributed by atoms with Crippen LogP contribution in [0.5, 0.6) is 0 Å². The van der Waals surface area contributed by atoms with E-state index in [-0.39, 0.29) is 23.9 Å². The van der Waals surface area contributed by atoms with E-state index in [1.807, 2.05) is 22.4 Å². The standard InChI is InChI=1S/C15H21N3O2S/c16-11-4-1-7-17(10-11)14(19)12-5-2-8-18(12)15(20)13-6-3-9-21-13/h3,6,9,11-12H,1-2,4-5,7-8,10,16H2. The number of rotatable bonds is 2. The summed E-state index contributed by atoms with van der Waals surface area (Å²) < 4.78 is 0. The van der Waals surface area contributed by atoms with Crippen molar-refractivity contribution in [2.45, 2.75) is 37.8 Å². The third kappa shape index (κ3) is 2.96. The van der Waals surface area contributed by atoms with Gasteiger partial charge < -0.3 is 15.5 Å². The molecule has 2 saturated heterocycles. The molecule has 1 aromatic heterocycles. The molecular weight excluding hydrogens is 286 g/mol. The average molecular weight is 307 g/mol. The summed E-state index contributed by atoms with van der Waals surface area (Å²) >= 11 is 1.43. The molecule has 5 nitrogen and oxygen atoms in total. The van der Waals surface area contributed by atoms with Gasteiger partial charge in [0.2, 0.25) is 5.91 Å². The molecule has 2 amide bonds. The Labute approximate surface area is 128 Å². The zero-order valence-corrected chi connectivity index (χ0v) is 12.8. The van der Waals surface area contributed by atoms with E-state index >= 15 is 0 Å². The highest BCUT2D eigenvalue weighted by atomic mass is 32.1. The Bertz CT molecular complexity index is 517. The SMILES string of the molecule is NC1CCCN(C(=O)C2CCCN2C(=O)c2cccs2)C1. The van der Waals surface area contributed by atoms with Crippen molar-refractivity contribution in [3.05, 3.63) is 22.4 Å². The fraction of sp³-hybridized carbons (Fsp3) is 0.600. The van der Waals surface area contributed by atoms with Gasteiger partial charge in [0.15, 0.2) is 0 Å². The second-order valence-corrected chi connectivity index (χ2v) is 6.77. The molecule has 2 fully saturated rings. The maximum atomic E-state index is 12.7. The third-order valence-electron chi connectivity index (χ3n) is 4.30. The van der Waals surface area contributed by atoms with E-state index in [0.717, 1.165) is 32.2 Å². The van der Waals surface area contributed by atoms with E-state index < -0.39 is 0 Å². The molecule has 2 aliphatic rings. The first-order valence-electron chi connectivity index (χ1n) is 7.55. The fourth-order valence-electron chi connectivity index (χ4n) is 3.23. The van der Waals surface area contributed by atoms with Crippen LogP contribution in [0.25, 0.3) is 0 Å². The quantitative estimate of drug-likeness (QED) is 0.895. The molecule has 21 heavy (non-hydrogen) atoms. The summed E-state index contributed by atoms with van der Waals surface area (Å²) in [6, 6.07) is 3.47. The van der Waals surface area contributed by atoms with Crippen molar-refractivity contribution in [3.8, 4) is 0 Å². The Hall–Kier alpha value is -1.40. The molecule has 114 valence electrons. The normalized spacial score (nSPS) is 26.1. The first-order valence-corrected chi connectivity index (χ1v) is 8.43. The largest absolute Gasteiger partial charge is 0.339 e. The van der Waals surface area contributed by atoms with Gasteiger partial charge in [-0.3, -0.25) is 9.59 Å². The molecule has 0 saturated carbocycles. The summed E-state index contributed by atoms with van der Waals surface area (Å²) in [5, 5.41) is 1.89. The van der Waals surface area contributed by atoms with Gasteiger partial charge in [-0.05, 0) is 37.1 Å². The second kappa shape index (κ2) is 6.15. The van der Waals surface area contributed by atoms with E-state index in [9.17, 15) is 9.59 Å². The van der Waals surface area contributed by atoms with Gasteiger partial charge in [0.05, 0.1) is 4.88 Å². The summed E-state index contributed by atoms with van der Waals surface area (Å²) in [7, 11) is 0. The number of piperidine rings is 1. The van der Waals surface area contributed by atoms with Gasteiger partial charge in [0.1, 0.15) is 6.04 Å². The van der Waals surface area contributed by atoms with Gasteiger partial charge in [0.25, 0.3) is 5.91 Å². The summed E-state index contributed by atoms with van der Waals surface area (Å²) in [5.74, 6) is 0.0646. The number of carbonyl (C=O) groups excluding carboxylic acids is 2. The maximum absolute atomic E-state index is 12.7. The number of hydrogen-bond acceptors (Lipinski definition) is 4. The zero-order chi connectivity index (χ0) is 14.8. The Balaban J connectivity index is 1.71. The Kier molecular flexibility index (Phi) is 4.26. The van der Waals surface area contributed by atoms with Gasteiger partial charge in [-0.15, -0.1) is 11.3 Å². The van der Waals surface area contributed by atoms with Crippen LogP contribution in [0.2, 0.25) is 0 Å². The Morgan fingerprint density at radius 2 is 2.05 bits per heavy atom. The van der Waals surface area contributed by atoms with E-state index in [0.29, 0.717) is 18.0 Å². The van der Waals surface area contributed by atoms with Crippen LogP contribution >= 0.6 is 11.3 Å². The van der Waals surface area contributed by atoms with Crippen molar-refractivity contribution >= 4 is 23.2 Å². The first-order chi connectivity index (χ1) is 10.2. The van der Waals surface area contributed by atoms with Crippen LogP contribution in [0.4, 0.5) is 0 Å². The van der Waals surface area contributed by atoms with Crippen molar-refractivity contribution in [1.82, 2.24) is 9.80 Å². The smallest absolute Gasteiger partial charge is 0.264 e. The molecule has 2 unspecified atom stereocenters. The molecule has 2 N–H and O–H groups in total. The highest BCUT2D eigenvalue weighted by Gasteiger charge is 2.37. The summed E-state index contributed by atoms with van der Waals surface area (Å²) in [6.45, 7) is 2.06. The highest BCUT2D eigenvalue weighted by molar-refractivity contribution is 7.12. The van der Waals surface area contributed by atoms with Crippen molar-refractivity contribution in [2.24, 2.45) is 5.73 Å². The lowest BCUT2D eigenvalue weighted by molar-refractivity contribution is -0.136. The van der Waals surface area contributed by atoms with Crippen LogP contribution in [0.3, 0.4) is 0 Å². The average Bonchev–Trinajstić information content (AvgIpc) is 3.17. The zero-order valence-electron chi connectivity index (χ0n) is 12.0. The molecule has 2 aliphatic heterocycles. The number of likely N-dealkylation sites (tertiary alicyclic amines) is 2. The lowest BCUT2D eigenvalue weighted by Crippen LogP contribution is -2.52. The second-order valence-electron chi connectivity index (χ2n) is 5.82. The minimum Gasteiger partial charge on any atom is -0.339 e. The molecule has 3 heterocycles. The summed E-state index contributed by atoms with van der Waals surface area (Å²) in [6.07, 6.45) is 3.60. The molecule has 1 aromatic rings. The van der Waals surface area contributed by atoms with Crippen LogP contribution in [0, 0.1) is 0 Å². The van der Waals surface area contributed by atoms with Crippen molar-refractivity contribution in [2.75, 3.05) is 19.6 Å². The molecule has 0 bridgehead atoms. The van der Waals surface area contributed by atoms with Gasteiger partial charge >= 0.3 is 0 Å². The lowest BCUT2D eigenvalue weighted by Gasteiger charge is -2.34. The van der Waals surface area contributed by atoms with Gasteiger partial charge in [-0.2, -0.15) is 0 Å². The lowest BCUT2D eigenvalue weighted by atomic mass is 10.0. The van der Waals surface area contributed by atoms with Crippen LogP contribution in [-0.4, -0.2) is 53.3 Å². The van der Waals surface area contributed by atoms with E-state index in [4.69, 9.17) is 5.73 Å². The van der Waals surface area contributed by atoms with E-state index in [2.05, 4.69) is 0 Å². The predicted molar refractivity (Wildman–Crippen MR) is 82.2 cm³/mol. The molecule has 3 rings (SSSR count). The van der Waals surface area contributed by atoms with E-state index in [1.165, 1.54) is 11.3 Å².